The summed E-state index contributed by atoms with van der Waals surface area (Å²) in [6.07, 6.45) is 5.16. The van der Waals surface area contributed by atoms with Crippen LogP contribution in [0.1, 0.15) is 63.4 Å². The molecule has 1 amide bonds. The minimum absolute atomic E-state index is 0.0237. The lowest BCUT2D eigenvalue weighted by atomic mass is 9.86. The first-order chi connectivity index (χ1) is 12.3. The monoisotopic (exact) mass is 359 g/mol. The van der Waals surface area contributed by atoms with Gasteiger partial charge in [0.1, 0.15) is 17.1 Å². The fourth-order valence-electron chi connectivity index (χ4n) is 3.54. The molecule has 1 saturated heterocycles. The van der Waals surface area contributed by atoms with Gasteiger partial charge in [-0.2, -0.15) is 0 Å². The number of likely N-dealkylation sites (tertiary alicyclic amines) is 1. The predicted octanol–water partition coefficient (Wildman–Crippen LogP) is 3.88. The minimum atomic E-state index is -0.577. The van der Waals surface area contributed by atoms with Crippen molar-refractivity contribution in [1.82, 2.24) is 9.88 Å². The first kappa shape index (κ1) is 18.8. The third kappa shape index (κ3) is 4.81. The molecule has 0 bridgehead atoms. The summed E-state index contributed by atoms with van der Waals surface area (Å²) >= 11 is 0. The summed E-state index contributed by atoms with van der Waals surface area (Å²) in [5.41, 5.74) is -0.160. The van der Waals surface area contributed by atoms with Gasteiger partial charge in [0.05, 0.1) is 0 Å². The highest BCUT2D eigenvalue weighted by molar-refractivity contribution is 5.97. The molecule has 1 N–H and O–H groups in total. The molecule has 1 saturated carbocycles. The maximum Gasteiger partial charge on any atom is 0.413 e. The number of carbonyl (C=O) groups excluding carboxylic acids is 2. The molecular weight excluding hydrogens is 330 g/mol. The SMILES string of the molecule is CC(C)(C)OC(=O)Nc1cccc(C(=O)C2CCN(C3CCC3)CC2)n1. The standard InChI is InChI=1S/C20H29N3O3/c1-20(2,3)26-19(25)22-17-9-5-8-16(21-17)18(24)14-10-12-23(13-11-14)15-6-4-7-15/h5,8-9,14-15H,4,6-7,10-13H2,1-3H3,(H,21,22,25). The molecule has 26 heavy (non-hydrogen) atoms. The Bertz CT molecular complexity index is 657. The Hall–Kier alpha value is -1.95. The summed E-state index contributed by atoms with van der Waals surface area (Å²) in [5.74, 6) is 0.443. The molecule has 1 aromatic heterocycles. The van der Waals surface area contributed by atoms with E-state index in [0.29, 0.717) is 11.5 Å². The Morgan fingerprint density at radius 2 is 1.85 bits per heavy atom. The second-order valence-electron chi connectivity index (χ2n) is 8.29. The summed E-state index contributed by atoms with van der Waals surface area (Å²) in [6.45, 7) is 7.40. The molecule has 0 unspecified atom stereocenters. The molecule has 2 fully saturated rings. The molecule has 6 heteroatoms. The van der Waals surface area contributed by atoms with Crippen molar-refractivity contribution in [3.8, 4) is 0 Å². The third-order valence-corrected chi connectivity index (χ3v) is 5.12. The summed E-state index contributed by atoms with van der Waals surface area (Å²) in [6, 6.07) is 5.88. The van der Waals surface area contributed by atoms with Crippen molar-refractivity contribution in [2.75, 3.05) is 18.4 Å². The summed E-state index contributed by atoms with van der Waals surface area (Å²) in [5, 5.41) is 2.60. The molecule has 1 aromatic rings. The van der Waals surface area contributed by atoms with Crippen LogP contribution in [-0.4, -0.2) is 46.5 Å². The molecule has 2 heterocycles. The lowest BCUT2D eigenvalue weighted by molar-refractivity contribution is 0.0632. The molecule has 142 valence electrons. The van der Waals surface area contributed by atoms with Gasteiger partial charge in [-0.15, -0.1) is 0 Å². The Morgan fingerprint density at radius 3 is 2.42 bits per heavy atom. The zero-order valence-electron chi connectivity index (χ0n) is 16.0. The van der Waals surface area contributed by atoms with Gasteiger partial charge >= 0.3 is 6.09 Å². The Balaban J connectivity index is 1.57. The number of nitrogens with one attached hydrogen (secondary N) is 1. The van der Waals surface area contributed by atoms with Crippen molar-refractivity contribution < 1.29 is 14.3 Å². The van der Waals surface area contributed by atoms with Gasteiger partial charge in [0.15, 0.2) is 5.78 Å². The zero-order chi connectivity index (χ0) is 18.7. The molecular formula is C20H29N3O3. The van der Waals surface area contributed by atoms with E-state index in [1.54, 1.807) is 39.0 Å². The van der Waals surface area contributed by atoms with E-state index in [2.05, 4.69) is 15.2 Å². The number of carbonyl (C=O) groups is 2. The van der Waals surface area contributed by atoms with Crippen LogP contribution in [0.4, 0.5) is 10.6 Å². The maximum absolute atomic E-state index is 12.8. The summed E-state index contributed by atoms with van der Waals surface area (Å²) in [7, 11) is 0. The lowest BCUT2D eigenvalue weighted by Gasteiger charge is -2.41. The van der Waals surface area contributed by atoms with Crippen LogP contribution in [0.3, 0.4) is 0 Å². The molecule has 0 atom stereocenters. The van der Waals surface area contributed by atoms with Gasteiger partial charge in [-0.05, 0) is 71.7 Å². The Morgan fingerprint density at radius 1 is 1.15 bits per heavy atom. The number of hydrogen-bond donors (Lipinski definition) is 1. The Labute approximate surface area is 155 Å². The molecule has 0 aromatic carbocycles. The van der Waals surface area contributed by atoms with Crippen LogP contribution in [0.5, 0.6) is 0 Å². The topological polar surface area (TPSA) is 71.5 Å². The van der Waals surface area contributed by atoms with Crippen molar-refractivity contribution in [3.63, 3.8) is 0 Å². The van der Waals surface area contributed by atoms with Crippen molar-refractivity contribution in [2.45, 2.75) is 64.5 Å². The molecule has 2 aliphatic rings. The molecule has 0 spiro atoms. The lowest BCUT2D eigenvalue weighted by Crippen LogP contribution is -2.45. The number of piperidine rings is 1. The number of ketones is 1. The summed E-state index contributed by atoms with van der Waals surface area (Å²) < 4.78 is 5.23. The van der Waals surface area contributed by atoms with Gasteiger partial charge in [0.2, 0.25) is 0 Å². The van der Waals surface area contributed by atoms with Crippen molar-refractivity contribution in [1.29, 1.82) is 0 Å². The van der Waals surface area contributed by atoms with E-state index in [0.717, 1.165) is 32.0 Å². The van der Waals surface area contributed by atoms with Crippen LogP contribution in [0.25, 0.3) is 0 Å². The van der Waals surface area contributed by atoms with E-state index >= 15 is 0 Å². The predicted molar refractivity (Wildman–Crippen MR) is 100 cm³/mol. The largest absolute Gasteiger partial charge is 0.444 e. The summed E-state index contributed by atoms with van der Waals surface area (Å²) in [4.78, 5) is 31.5. The van der Waals surface area contributed by atoms with Crippen molar-refractivity contribution >= 4 is 17.7 Å². The van der Waals surface area contributed by atoms with Gasteiger partial charge in [-0.25, -0.2) is 9.78 Å². The second kappa shape index (κ2) is 7.74. The first-order valence-corrected chi connectivity index (χ1v) is 9.57. The van der Waals surface area contributed by atoms with Gasteiger partial charge in [-0.3, -0.25) is 10.1 Å². The van der Waals surface area contributed by atoms with Crippen LogP contribution in [0.15, 0.2) is 18.2 Å². The number of aromatic nitrogens is 1. The highest BCUT2D eigenvalue weighted by Crippen LogP contribution is 2.30. The van der Waals surface area contributed by atoms with Crippen LogP contribution in [-0.2, 0) is 4.74 Å². The van der Waals surface area contributed by atoms with Gasteiger partial charge < -0.3 is 9.64 Å². The number of amides is 1. The minimum Gasteiger partial charge on any atom is -0.444 e. The smallest absolute Gasteiger partial charge is 0.413 e. The average Bonchev–Trinajstić information content (AvgIpc) is 2.51. The van der Waals surface area contributed by atoms with Gasteiger partial charge in [0.25, 0.3) is 0 Å². The molecule has 0 radical (unpaired) electrons. The number of nitrogens with zero attached hydrogens (tertiary/aromatic N) is 2. The van der Waals surface area contributed by atoms with E-state index in [1.165, 1.54) is 19.3 Å². The van der Waals surface area contributed by atoms with Crippen LogP contribution in [0, 0.1) is 5.92 Å². The number of hydrogen-bond acceptors (Lipinski definition) is 5. The van der Waals surface area contributed by atoms with Gasteiger partial charge in [0, 0.05) is 12.0 Å². The van der Waals surface area contributed by atoms with Crippen LogP contribution >= 0.6 is 0 Å². The van der Waals surface area contributed by atoms with E-state index < -0.39 is 11.7 Å². The molecule has 3 rings (SSSR count). The number of Topliss-reactive ketones (excluding diaryl/α,β-unsaturated/α-hetero) is 1. The van der Waals surface area contributed by atoms with Crippen LogP contribution < -0.4 is 5.32 Å². The van der Waals surface area contributed by atoms with E-state index in [9.17, 15) is 9.59 Å². The molecule has 6 nitrogen and oxygen atoms in total. The fraction of sp³-hybridized carbons (Fsp3) is 0.650. The third-order valence-electron chi connectivity index (χ3n) is 5.12. The van der Waals surface area contributed by atoms with E-state index in [4.69, 9.17) is 4.74 Å². The maximum atomic E-state index is 12.8. The fourth-order valence-corrected chi connectivity index (χ4v) is 3.54. The highest BCUT2D eigenvalue weighted by atomic mass is 16.6. The van der Waals surface area contributed by atoms with E-state index in [-0.39, 0.29) is 11.7 Å². The molecule has 1 aliphatic heterocycles. The van der Waals surface area contributed by atoms with Gasteiger partial charge in [-0.1, -0.05) is 12.5 Å². The highest BCUT2D eigenvalue weighted by Gasteiger charge is 2.32. The number of pyridine rings is 1. The molecule has 1 aliphatic carbocycles. The first-order valence-electron chi connectivity index (χ1n) is 9.57. The van der Waals surface area contributed by atoms with Crippen LogP contribution in [0.2, 0.25) is 0 Å². The second-order valence-corrected chi connectivity index (χ2v) is 8.29. The van der Waals surface area contributed by atoms with Crippen molar-refractivity contribution in [3.05, 3.63) is 23.9 Å². The van der Waals surface area contributed by atoms with E-state index in [1.807, 2.05) is 0 Å². The number of anilines is 1. The zero-order valence-corrected chi connectivity index (χ0v) is 16.0. The number of rotatable bonds is 4. The average molecular weight is 359 g/mol. The van der Waals surface area contributed by atoms with Crippen molar-refractivity contribution in [2.24, 2.45) is 5.92 Å². The normalized spacial score (nSPS) is 19.7. The number of ether oxygens (including phenoxy) is 1. The quantitative estimate of drug-likeness (QED) is 0.826. The Kier molecular flexibility index (Phi) is 5.61.